The normalized spacial score (nSPS) is 16.3. The lowest BCUT2D eigenvalue weighted by Crippen LogP contribution is -2.20. The van der Waals surface area contributed by atoms with Gasteiger partial charge in [-0.15, -0.1) is 0 Å². The monoisotopic (exact) mass is 530 g/mol. The van der Waals surface area contributed by atoms with Gasteiger partial charge in [0.15, 0.2) is 23.0 Å². The number of hydrogen-bond acceptors (Lipinski definition) is 8. The fourth-order valence-electron chi connectivity index (χ4n) is 4.81. The summed E-state index contributed by atoms with van der Waals surface area (Å²) in [6.07, 6.45) is 18.0. The van der Waals surface area contributed by atoms with Gasteiger partial charge in [-0.1, -0.05) is 77.0 Å². The largest absolute Gasteiger partial charge is 0.504 e. The number of Topliss-reactive ketones (excluding diaryl/α,β-unsaturated/α-hetero) is 2. The average molecular weight is 531 g/mol. The first-order chi connectivity index (χ1) is 18.3. The number of aliphatic hydroxyl groups excluding tert-OH is 2. The summed E-state index contributed by atoms with van der Waals surface area (Å²) in [5.74, 6) is -2.83. The molecule has 8 nitrogen and oxygen atoms in total. The molecule has 0 atom stereocenters. The minimum Gasteiger partial charge on any atom is -0.504 e. The van der Waals surface area contributed by atoms with Gasteiger partial charge in [0.2, 0.25) is 23.1 Å². The Labute approximate surface area is 225 Å². The first kappa shape index (κ1) is 31.1. The van der Waals surface area contributed by atoms with Gasteiger partial charge < -0.3 is 19.7 Å². The summed E-state index contributed by atoms with van der Waals surface area (Å²) in [5.41, 5.74) is 0.333. The predicted molar refractivity (Wildman–Crippen MR) is 143 cm³/mol. The molecule has 0 radical (unpaired) electrons. The van der Waals surface area contributed by atoms with Crippen molar-refractivity contribution in [3.8, 4) is 0 Å². The summed E-state index contributed by atoms with van der Waals surface area (Å²) < 4.78 is 9.86. The summed E-state index contributed by atoms with van der Waals surface area (Å²) in [5, 5.41) is 19.8. The third kappa shape index (κ3) is 9.30. The number of carbonyl (C=O) groups is 4. The third-order valence-electron chi connectivity index (χ3n) is 7.10. The summed E-state index contributed by atoms with van der Waals surface area (Å²) in [4.78, 5) is 47.9. The van der Waals surface area contributed by atoms with Gasteiger partial charge in [0.1, 0.15) is 0 Å². The van der Waals surface area contributed by atoms with Crippen molar-refractivity contribution >= 4 is 23.1 Å². The van der Waals surface area contributed by atoms with Crippen LogP contribution in [0.1, 0.15) is 103 Å². The van der Waals surface area contributed by atoms with Crippen LogP contribution in [0.4, 0.5) is 0 Å². The fourth-order valence-corrected chi connectivity index (χ4v) is 4.81. The highest BCUT2D eigenvalue weighted by atomic mass is 16.5. The molecule has 0 saturated carbocycles. The van der Waals surface area contributed by atoms with Gasteiger partial charge in [-0.05, 0) is 25.7 Å². The molecular formula is C30H42O8. The topological polar surface area (TPSA) is 127 Å². The van der Waals surface area contributed by atoms with Gasteiger partial charge in [0.25, 0.3) is 0 Å². The molecule has 0 unspecified atom stereocenters. The fraction of sp³-hybridized carbons (Fsp3) is 0.600. The van der Waals surface area contributed by atoms with Crippen LogP contribution in [0.15, 0.2) is 46.3 Å². The van der Waals surface area contributed by atoms with E-state index in [1.54, 1.807) is 0 Å². The van der Waals surface area contributed by atoms with Crippen molar-refractivity contribution in [3.05, 3.63) is 46.3 Å². The number of carbonyl (C=O) groups excluding carboxylic acids is 4. The molecule has 0 aliphatic heterocycles. The third-order valence-corrected chi connectivity index (χ3v) is 7.10. The Bertz CT molecular complexity index is 916. The minimum atomic E-state index is -0.569. The van der Waals surface area contributed by atoms with Crippen molar-refractivity contribution in [2.75, 3.05) is 14.2 Å². The summed E-state index contributed by atoms with van der Waals surface area (Å²) >= 11 is 0. The Hall–Kier alpha value is -3.16. The van der Waals surface area contributed by atoms with Crippen LogP contribution < -0.4 is 0 Å². The van der Waals surface area contributed by atoms with Crippen LogP contribution in [0.3, 0.4) is 0 Å². The number of ketones is 4. The zero-order valence-electron chi connectivity index (χ0n) is 22.8. The zero-order valence-corrected chi connectivity index (χ0v) is 22.8. The Morgan fingerprint density at radius 2 is 0.763 bits per heavy atom. The highest BCUT2D eigenvalue weighted by Gasteiger charge is 2.29. The molecule has 0 bridgehead atoms. The number of aliphatic hydroxyl groups is 2. The van der Waals surface area contributed by atoms with Crippen molar-refractivity contribution in [1.29, 1.82) is 0 Å². The van der Waals surface area contributed by atoms with E-state index >= 15 is 0 Å². The summed E-state index contributed by atoms with van der Waals surface area (Å²) in [6.45, 7) is 0. The lowest BCUT2D eigenvalue weighted by molar-refractivity contribution is -0.119. The number of methoxy groups -OCH3 is 2. The Balaban J connectivity index is 1.41. The lowest BCUT2D eigenvalue weighted by atomic mass is 9.94. The second-order valence-corrected chi connectivity index (χ2v) is 9.92. The standard InChI is InChI=1S/C30H42O8/c1-37-25-19-23(31)27(33)21(29(25)35)17-15-13-11-9-7-5-3-4-6-8-10-12-14-16-18-22-28(34)24(32)20-26(38-2)30(22)36/h19-20,33-34H,3-18H2,1-2H3. The highest BCUT2D eigenvalue weighted by molar-refractivity contribution is 6.21. The van der Waals surface area contributed by atoms with E-state index in [1.807, 2.05) is 0 Å². The van der Waals surface area contributed by atoms with E-state index in [0.717, 1.165) is 63.5 Å². The van der Waals surface area contributed by atoms with E-state index in [-0.39, 0.29) is 22.7 Å². The molecule has 0 aromatic rings. The molecule has 8 heteroatoms. The quantitative estimate of drug-likeness (QED) is 0.149. The zero-order chi connectivity index (χ0) is 27.9. The van der Waals surface area contributed by atoms with Crippen LogP contribution in [0, 0.1) is 0 Å². The second-order valence-electron chi connectivity index (χ2n) is 9.92. The SMILES string of the molecule is COC1=CC(=O)C(O)=C(CCCCCCCCCCCCCCCCC2=C(O)C(=O)C=C(OC)C2=O)C1=O. The van der Waals surface area contributed by atoms with E-state index in [4.69, 9.17) is 9.47 Å². The van der Waals surface area contributed by atoms with Gasteiger partial charge in [0, 0.05) is 23.3 Å². The van der Waals surface area contributed by atoms with Crippen molar-refractivity contribution in [2.24, 2.45) is 0 Å². The van der Waals surface area contributed by atoms with Crippen LogP contribution in [-0.2, 0) is 28.7 Å². The first-order valence-electron chi connectivity index (χ1n) is 13.9. The molecular weight excluding hydrogens is 488 g/mol. The molecule has 210 valence electrons. The van der Waals surface area contributed by atoms with Crippen molar-refractivity contribution < 1.29 is 38.9 Å². The smallest absolute Gasteiger partial charge is 0.227 e. The molecule has 0 saturated heterocycles. The molecule has 0 aromatic carbocycles. The molecule has 0 amide bonds. The van der Waals surface area contributed by atoms with E-state index in [1.165, 1.54) is 52.7 Å². The van der Waals surface area contributed by atoms with Crippen LogP contribution in [0.25, 0.3) is 0 Å². The van der Waals surface area contributed by atoms with Crippen LogP contribution >= 0.6 is 0 Å². The Morgan fingerprint density at radius 1 is 0.500 bits per heavy atom. The predicted octanol–water partition coefficient (Wildman–Crippen LogP) is 6.22. The summed E-state index contributed by atoms with van der Waals surface area (Å²) in [7, 11) is 2.69. The molecule has 2 N–H and O–H groups in total. The molecule has 0 heterocycles. The molecule has 2 rings (SSSR count). The van der Waals surface area contributed by atoms with Crippen molar-refractivity contribution in [2.45, 2.75) is 103 Å². The van der Waals surface area contributed by atoms with Crippen molar-refractivity contribution in [3.63, 3.8) is 0 Å². The summed E-state index contributed by atoms with van der Waals surface area (Å²) in [6, 6.07) is 0. The number of rotatable bonds is 19. The van der Waals surface area contributed by atoms with Crippen molar-refractivity contribution in [1.82, 2.24) is 0 Å². The second kappa shape index (κ2) is 16.6. The average Bonchev–Trinajstić information content (AvgIpc) is 2.91. The van der Waals surface area contributed by atoms with Gasteiger partial charge in [-0.25, -0.2) is 0 Å². The van der Waals surface area contributed by atoms with Crippen LogP contribution in [-0.4, -0.2) is 47.6 Å². The van der Waals surface area contributed by atoms with Gasteiger partial charge >= 0.3 is 0 Å². The van der Waals surface area contributed by atoms with E-state index in [9.17, 15) is 29.4 Å². The maximum absolute atomic E-state index is 12.2. The molecule has 0 spiro atoms. The van der Waals surface area contributed by atoms with E-state index in [0.29, 0.717) is 12.8 Å². The number of unbranched alkanes of at least 4 members (excludes halogenated alkanes) is 13. The van der Waals surface area contributed by atoms with E-state index < -0.39 is 34.7 Å². The van der Waals surface area contributed by atoms with Crippen LogP contribution in [0.2, 0.25) is 0 Å². The molecule has 0 fully saturated rings. The minimum absolute atomic E-state index is 0.00727. The Kier molecular flexibility index (Phi) is 13.6. The highest BCUT2D eigenvalue weighted by Crippen LogP contribution is 2.25. The van der Waals surface area contributed by atoms with Crippen LogP contribution in [0.5, 0.6) is 0 Å². The molecule has 2 aliphatic carbocycles. The molecule has 38 heavy (non-hydrogen) atoms. The Morgan fingerprint density at radius 3 is 1.03 bits per heavy atom. The number of ether oxygens (including phenoxy) is 2. The molecule has 2 aliphatic rings. The van der Waals surface area contributed by atoms with E-state index in [2.05, 4.69) is 0 Å². The molecule has 0 aromatic heterocycles. The van der Waals surface area contributed by atoms with Gasteiger partial charge in [-0.3, -0.25) is 19.2 Å². The maximum Gasteiger partial charge on any atom is 0.227 e. The first-order valence-corrected chi connectivity index (χ1v) is 13.9. The number of allylic oxidation sites excluding steroid dienone is 4. The lowest BCUT2D eigenvalue weighted by Gasteiger charge is -2.14. The number of hydrogen-bond donors (Lipinski definition) is 2. The maximum atomic E-state index is 12.2. The van der Waals surface area contributed by atoms with Gasteiger partial charge in [0.05, 0.1) is 14.2 Å². The van der Waals surface area contributed by atoms with Gasteiger partial charge in [-0.2, -0.15) is 0 Å².